The summed E-state index contributed by atoms with van der Waals surface area (Å²) in [5.74, 6) is -0.0777. The predicted octanol–water partition coefficient (Wildman–Crippen LogP) is 3.15. The van der Waals surface area contributed by atoms with Crippen molar-refractivity contribution in [2.75, 3.05) is 6.61 Å². The highest BCUT2D eigenvalue weighted by Gasteiger charge is 2.24. The van der Waals surface area contributed by atoms with Gasteiger partial charge in [0.25, 0.3) is 5.91 Å². The molecule has 1 amide bonds. The van der Waals surface area contributed by atoms with Gasteiger partial charge in [-0.3, -0.25) is 4.79 Å². The number of hydrogen-bond acceptors (Lipinski definition) is 5. The van der Waals surface area contributed by atoms with Gasteiger partial charge in [0.1, 0.15) is 17.7 Å². The second-order valence-electron chi connectivity index (χ2n) is 6.09. The fraction of sp³-hybridized carbons (Fsp3) is 0.389. The highest BCUT2D eigenvalue weighted by molar-refractivity contribution is 6.30. The van der Waals surface area contributed by atoms with Gasteiger partial charge in [0.15, 0.2) is 6.61 Å². The van der Waals surface area contributed by atoms with Crippen molar-refractivity contribution < 1.29 is 18.7 Å². The van der Waals surface area contributed by atoms with Gasteiger partial charge in [0.2, 0.25) is 0 Å². The molecule has 1 N–H and O–H groups in total. The minimum Gasteiger partial charge on any atom is -0.484 e. The molecular formula is C18H19ClFN3O3. The van der Waals surface area contributed by atoms with E-state index in [1.165, 1.54) is 36.7 Å². The van der Waals surface area contributed by atoms with Gasteiger partial charge in [0, 0.05) is 6.04 Å². The number of carbonyl (C=O) groups excluding carboxylic acids is 1. The van der Waals surface area contributed by atoms with Gasteiger partial charge >= 0.3 is 6.01 Å². The number of carbonyl (C=O) groups is 1. The first kappa shape index (κ1) is 18.4. The van der Waals surface area contributed by atoms with E-state index in [0.717, 1.165) is 25.7 Å². The minimum atomic E-state index is -0.343. The van der Waals surface area contributed by atoms with Crippen LogP contribution >= 0.6 is 11.6 Å². The Bertz CT molecular complexity index is 719. The minimum absolute atomic E-state index is 0.0276. The number of benzene rings is 1. The highest BCUT2D eigenvalue weighted by Crippen LogP contribution is 2.22. The molecular weight excluding hydrogens is 361 g/mol. The fourth-order valence-corrected chi connectivity index (χ4v) is 2.88. The van der Waals surface area contributed by atoms with Crippen LogP contribution in [-0.4, -0.2) is 34.6 Å². The van der Waals surface area contributed by atoms with E-state index in [0.29, 0.717) is 16.8 Å². The van der Waals surface area contributed by atoms with Crippen LogP contribution in [0.25, 0.3) is 0 Å². The molecule has 1 aliphatic rings. The summed E-state index contributed by atoms with van der Waals surface area (Å²) in [4.78, 5) is 20.0. The third-order valence-electron chi connectivity index (χ3n) is 4.09. The molecule has 1 saturated carbocycles. The molecule has 26 heavy (non-hydrogen) atoms. The average Bonchev–Trinajstić information content (AvgIpc) is 2.65. The first-order valence-electron chi connectivity index (χ1n) is 8.40. The van der Waals surface area contributed by atoms with Crippen molar-refractivity contribution in [3.05, 3.63) is 47.5 Å². The van der Waals surface area contributed by atoms with Crippen molar-refractivity contribution >= 4 is 17.5 Å². The van der Waals surface area contributed by atoms with Crippen molar-refractivity contribution in [2.45, 2.75) is 37.8 Å². The largest absolute Gasteiger partial charge is 0.484 e. The molecule has 1 aromatic heterocycles. The molecule has 1 heterocycles. The molecule has 138 valence electrons. The molecule has 3 rings (SSSR count). The number of halogens is 2. The van der Waals surface area contributed by atoms with E-state index < -0.39 is 0 Å². The third kappa shape index (κ3) is 5.56. The lowest BCUT2D eigenvalue weighted by molar-refractivity contribution is -0.124. The van der Waals surface area contributed by atoms with Crippen LogP contribution in [0, 0.1) is 5.82 Å². The first-order valence-corrected chi connectivity index (χ1v) is 8.78. The Morgan fingerprint density at radius 3 is 2.46 bits per heavy atom. The Balaban J connectivity index is 1.37. The van der Waals surface area contributed by atoms with Crippen LogP contribution in [0.2, 0.25) is 5.02 Å². The van der Waals surface area contributed by atoms with Crippen LogP contribution in [0.5, 0.6) is 11.8 Å². The van der Waals surface area contributed by atoms with Gasteiger partial charge < -0.3 is 14.8 Å². The van der Waals surface area contributed by atoms with Crippen LogP contribution in [0.15, 0.2) is 36.7 Å². The second kappa shape index (κ2) is 8.80. The smallest absolute Gasteiger partial charge is 0.316 e. The van der Waals surface area contributed by atoms with E-state index >= 15 is 0 Å². The number of nitrogens with one attached hydrogen (secondary N) is 1. The van der Waals surface area contributed by atoms with E-state index in [1.54, 1.807) is 0 Å². The quantitative estimate of drug-likeness (QED) is 0.834. The zero-order valence-corrected chi connectivity index (χ0v) is 14.8. The zero-order valence-electron chi connectivity index (χ0n) is 14.0. The zero-order chi connectivity index (χ0) is 18.4. The Morgan fingerprint density at radius 1 is 1.15 bits per heavy atom. The standard InChI is InChI=1S/C18H19ClFN3O3/c19-12-9-21-18(22-10-12)26-16-7-3-14(4-8-16)23-17(24)11-25-15-5-1-13(20)2-6-15/h1-2,5-6,9-10,14,16H,3-4,7-8,11H2,(H,23,24). The summed E-state index contributed by atoms with van der Waals surface area (Å²) >= 11 is 5.75. The summed E-state index contributed by atoms with van der Waals surface area (Å²) < 4.78 is 23.9. The maximum absolute atomic E-state index is 12.8. The average molecular weight is 380 g/mol. The summed E-state index contributed by atoms with van der Waals surface area (Å²) in [5, 5.41) is 3.41. The van der Waals surface area contributed by atoms with Gasteiger partial charge in [-0.25, -0.2) is 14.4 Å². The van der Waals surface area contributed by atoms with Crippen molar-refractivity contribution in [1.82, 2.24) is 15.3 Å². The van der Waals surface area contributed by atoms with Gasteiger partial charge in [-0.2, -0.15) is 0 Å². The Labute approximate surface area is 155 Å². The molecule has 0 radical (unpaired) electrons. The Kier molecular flexibility index (Phi) is 6.22. The monoisotopic (exact) mass is 379 g/mol. The molecule has 6 nitrogen and oxygen atoms in total. The van der Waals surface area contributed by atoms with E-state index in [-0.39, 0.29) is 30.5 Å². The van der Waals surface area contributed by atoms with Gasteiger partial charge in [-0.15, -0.1) is 0 Å². The fourth-order valence-electron chi connectivity index (χ4n) is 2.78. The summed E-state index contributed by atoms with van der Waals surface area (Å²) in [5.41, 5.74) is 0. The van der Waals surface area contributed by atoms with Gasteiger partial charge in [-0.05, 0) is 49.9 Å². The lowest BCUT2D eigenvalue weighted by Gasteiger charge is -2.28. The Morgan fingerprint density at radius 2 is 1.81 bits per heavy atom. The van der Waals surface area contributed by atoms with Crippen LogP contribution in [0.4, 0.5) is 4.39 Å². The van der Waals surface area contributed by atoms with Crippen molar-refractivity contribution in [3.8, 4) is 11.8 Å². The molecule has 8 heteroatoms. The second-order valence-corrected chi connectivity index (χ2v) is 6.52. The molecule has 0 saturated heterocycles. The van der Waals surface area contributed by atoms with Crippen molar-refractivity contribution in [2.24, 2.45) is 0 Å². The van der Waals surface area contributed by atoms with Crippen molar-refractivity contribution in [1.29, 1.82) is 0 Å². The Hall–Kier alpha value is -2.41. The van der Waals surface area contributed by atoms with Crippen molar-refractivity contribution in [3.63, 3.8) is 0 Å². The highest BCUT2D eigenvalue weighted by atomic mass is 35.5. The number of aromatic nitrogens is 2. The van der Waals surface area contributed by atoms with Gasteiger partial charge in [0.05, 0.1) is 17.4 Å². The number of nitrogens with zero attached hydrogens (tertiary/aromatic N) is 2. The van der Waals surface area contributed by atoms with E-state index in [9.17, 15) is 9.18 Å². The predicted molar refractivity (Wildman–Crippen MR) is 93.8 cm³/mol. The summed E-state index contributed by atoms with van der Waals surface area (Å²) in [6.45, 7) is -0.0966. The topological polar surface area (TPSA) is 73.3 Å². The molecule has 0 bridgehead atoms. The molecule has 0 unspecified atom stereocenters. The summed E-state index contributed by atoms with van der Waals surface area (Å²) in [7, 11) is 0. The third-order valence-corrected chi connectivity index (χ3v) is 4.29. The number of amides is 1. The first-order chi connectivity index (χ1) is 12.6. The van der Waals surface area contributed by atoms with E-state index in [2.05, 4.69) is 15.3 Å². The lowest BCUT2D eigenvalue weighted by Crippen LogP contribution is -2.41. The molecule has 1 aliphatic carbocycles. The number of rotatable bonds is 6. The number of hydrogen-bond donors (Lipinski definition) is 1. The molecule has 1 fully saturated rings. The molecule has 1 aromatic carbocycles. The normalized spacial score (nSPS) is 19.6. The van der Waals surface area contributed by atoms with E-state index in [1.807, 2.05) is 0 Å². The van der Waals surface area contributed by atoms with Crippen LogP contribution in [0.3, 0.4) is 0 Å². The van der Waals surface area contributed by atoms with Gasteiger partial charge in [-0.1, -0.05) is 11.6 Å². The molecule has 0 aliphatic heterocycles. The maximum atomic E-state index is 12.8. The van der Waals surface area contributed by atoms with Crippen LogP contribution in [-0.2, 0) is 4.79 Å². The summed E-state index contributed by atoms with van der Waals surface area (Å²) in [6, 6.07) is 5.96. The van der Waals surface area contributed by atoms with E-state index in [4.69, 9.17) is 21.1 Å². The van der Waals surface area contributed by atoms with Crippen LogP contribution in [0.1, 0.15) is 25.7 Å². The summed E-state index contributed by atoms with van der Waals surface area (Å²) in [6.07, 6.45) is 6.24. The number of ether oxygens (including phenoxy) is 2. The SMILES string of the molecule is O=C(COc1ccc(F)cc1)NC1CCC(Oc2ncc(Cl)cn2)CC1. The molecule has 0 spiro atoms. The maximum Gasteiger partial charge on any atom is 0.316 e. The lowest BCUT2D eigenvalue weighted by atomic mass is 9.93. The molecule has 0 atom stereocenters. The van der Waals surface area contributed by atoms with Crippen LogP contribution < -0.4 is 14.8 Å². The molecule has 2 aromatic rings.